The number of H-pyrrole nitrogens is 1. The molecule has 0 spiro atoms. The number of nitrogens with zero attached hydrogens (tertiary/aromatic N) is 4. The van der Waals surface area contributed by atoms with Crippen LogP contribution in [-0.2, 0) is 6.54 Å². The standard InChI is InChI=1S/C22H23N7OS/c30-22(26-19-6-4-5-17(24-19)13-29-9-2-1-3-10-29)27-20-14-31-21(25-20)15-7-8-18-16(11-15)12-23-28-18/h4-8,11-12,14H,1-3,9-10,13H2,(H,23,28)(H2,24,26,27,30). The van der Waals surface area contributed by atoms with Gasteiger partial charge >= 0.3 is 6.03 Å². The number of rotatable bonds is 5. The molecule has 3 aromatic heterocycles. The Hall–Kier alpha value is -3.30. The van der Waals surface area contributed by atoms with Crippen molar-refractivity contribution in [3.05, 3.63) is 53.7 Å². The van der Waals surface area contributed by atoms with Gasteiger partial charge in [0.2, 0.25) is 0 Å². The first kappa shape index (κ1) is 19.7. The molecule has 31 heavy (non-hydrogen) atoms. The monoisotopic (exact) mass is 433 g/mol. The normalized spacial score (nSPS) is 14.6. The minimum atomic E-state index is -0.357. The molecule has 3 N–H and O–H groups in total. The van der Waals surface area contributed by atoms with Gasteiger partial charge in [-0.3, -0.25) is 20.6 Å². The van der Waals surface area contributed by atoms with E-state index in [0.29, 0.717) is 11.6 Å². The number of hydrogen-bond acceptors (Lipinski definition) is 6. The van der Waals surface area contributed by atoms with Crippen molar-refractivity contribution >= 4 is 39.9 Å². The fourth-order valence-corrected chi connectivity index (χ4v) is 4.54. The lowest BCUT2D eigenvalue weighted by Crippen LogP contribution is -2.29. The van der Waals surface area contributed by atoms with E-state index in [1.807, 2.05) is 35.7 Å². The molecule has 4 aromatic rings. The number of likely N-dealkylation sites (tertiary alicyclic amines) is 1. The van der Waals surface area contributed by atoms with Gasteiger partial charge in [0.1, 0.15) is 16.6 Å². The van der Waals surface area contributed by atoms with Crippen LogP contribution < -0.4 is 10.6 Å². The molecule has 2 amide bonds. The van der Waals surface area contributed by atoms with Crippen molar-refractivity contribution in [1.82, 2.24) is 25.1 Å². The zero-order valence-corrected chi connectivity index (χ0v) is 17.8. The molecule has 0 aliphatic carbocycles. The molecular formula is C22H23N7OS. The molecule has 1 fully saturated rings. The van der Waals surface area contributed by atoms with Gasteiger partial charge in [-0.25, -0.2) is 14.8 Å². The van der Waals surface area contributed by atoms with Crippen molar-refractivity contribution in [3.8, 4) is 10.6 Å². The summed E-state index contributed by atoms with van der Waals surface area (Å²) in [6.07, 6.45) is 5.57. The van der Waals surface area contributed by atoms with Gasteiger partial charge < -0.3 is 0 Å². The number of pyridine rings is 1. The van der Waals surface area contributed by atoms with Crippen LogP contribution >= 0.6 is 11.3 Å². The van der Waals surface area contributed by atoms with Crippen LogP contribution in [0, 0.1) is 0 Å². The Kier molecular flexibility index (Phi) is 5.59. The molecule has 0 saturated carbocycles. The Morgan fingerprint density at radius 1 is 1.06 bits per heavy atom. The van der Waals surface area contributed by atoms with Crippen molar-refractivity contribution in [2.45, 2.75) is 25.8 Å². The van der Waals surface area contributed by atoms with Crippen molar-refractivity contribution < 1.29 is 4.79 Å². The van der Waals surface area contributed by atoms with Crippen LogP contribution in [0.5, 0.6) is 0 Å². The van der Waals surface area contributed by atoms with E-state index in [0.717, 1.165) is 46.8 Å². The van der Waals surface area contributed by atoms with Gasteiger partial charge in [-0.05, 0) is 56.3 Å². The molecule has 1 aromatic carbocycles. The number of aromatic amines is 1. The Labute approximate surface area is 183 Å². The number of piperidine rings is 1. The van der Waals surface area contributed by atoms with E-state index >= 15 is 0 Å². The summed E-state index contributed by atoms with van der Waals surface area (Å²) in [6.45, 7) is 3.03. The Morgan fingerprint density at radius 3 is 2.84 bits per heavy atom. The van der Waals surface area contributed by atoms with Crippen LogP contribution in [0.3, 0.4) is 0 Å². The van der Waals surface area contributed by atoms with Crippen molar-refractivity contribution in [1.29, 1.82) is 0 Å². The number of benzene rings is 1. The third-order valence-electron chi connectivity index (χ3n) is 5.32. The average Bonchev–Trinajstić information content (AvgIpc) is 3.43. The summed E-state index contributed by atoms with van der Waals surface area (Å²) in [5.74, 6) is 1.04. The van der Waals surface area contributed by atoms with E-state index in [1.54, 1.807) is 12.3 Å². The number of urea groups is 1. The van der Waals surface area contributed by atoms with Gasteiger partial charge in [0.15, 0.2) is 0 Å². The highest BCUT2D eigenvalue weighted by Crippen LogP contribution is 2.28. The summed E-state index contributed by atoms with van der Waals surface area (Å²) >= 11 is 1.48. The van der Waals surface area contributed by atoms with Crippen molar-refractivity contribution in [2.75, 3.05) is 23.7 Å². The zero-order chi connectivity index (χ0) is 21.0. The molecule has 1 aliphatic rings. The van der Waals surface area contributed by atoms with Crippen LogP contribution in [0.1, 0.15) is 25.0 Å². The van der Waals surface area contributed by atoms with Gasteiger partial charge in [-0.2, -0.15) is 5.10 Å². The number of thiazole rings is 1. The summed E-state index contributed by atoms with van der Waals surface area (Å²) in [6, 6.07) is 11.4. The van der Waals surface area contributed by atoms with E-state index in [9.17, 15) is 4.79 Å². The van der Waals surface area contributed by atoms with Crippen LogP contribution in [0.4, 0.5) is 16.4 Å². The van der Waals surface area contributed by atoms with Crippen LogP contribution in [0.2, 0.25) is 0 Å². The second-order valence-electron chi connectivity index (χ2n) is 7.64. The number of aromatic nitrogens is 4. The first-order chi connectivity index (χ1) is 15.2. The fourth-order valence-electron chi connectivity index (χ4n) is 3.79. The Bertz CT molecular complexity index is 1200. The third-order valence-corrected chi connectivity index (χ3v) is 6.21. The van der Waals surface area contributed by atoms with E-state index in [1.165, 1.54) is 30.6 Å². The molecule has 0 unspecified atom stereocenters. The summed E-state index contributed by atoms with van der Waals surface area (Å²) in [5, 5.41) is 16.3. The molecule has 0 radical (unpaired) electrons. The van der Waals surface area contributed by atoms with Crippen LogP contribution in [0.25, 0.3) is 21.5 Å². The average molecular weight is 434 g/mol. The van der Waals surface area contributed by atoms with Gasteiger partial charge in [0.25, 0.3) is 0 Å². The molecule has 0 atom stereocenters. The minimum absolute atomic E-state index is 0.357. The van der Waals surface area contributed by atoms with Crippen molar-refractivity contribution in [2.24, 2.45) is 0 Å². The first-order valence-corrected chi connectivity index (χ1v) is 11.3. The van der Waals surface area contributed by atoms with Gasteiger partial charge in [0, 0.05) is 22.9 Å². The minimum Gasteiger partial charge on any atom is -0.298 e. The highest BCUT2D eigenvalue weighted by molar-refractivity contribution is 7.13. The summed E-state index contributed by atoms with van der Waals surface area (Å²) < 4.78 is 0. The zero-order valence-electron chi connectivity index (χ0n) is 17.0. The molecule has 1 aliphatic heterocycles. The van der Waals surface area contributed by atoms with Crippen molar-refractivity contribution in [3.63, 3.8) is 0 Å². The van der Waals surface area contributed by atoms with E-state index in [-0.39, 0.29) is 6.03 Å². The van der Waals surface area contributed by atoms with Crippen LogP contribution in [0.15, 0.2) is 48.0 Å². The number of hydrogen-bond donors (Lipinski definition) is 3. The number of fused-ring (bicyclic) bond motifs is 1. The predicted octanol–water partition coefficient (Wildman–Crippen LogP) is 4.71. The molecule has 5 rings (SSSR count). The SMILES string of the molecule is O=C(Nc1cccc(CN2CCCCC2)n1)Nc1csc(-c2ccc3[nH]ncc3c2)n1. The highest BCUT2D eigenvalue weighted by Gasteiger charge is 2.13. The second-order valence-corrected chi connectivity index (χ2v) is 8.50. The number of amides is 2. The lowest BCUT2D eigenvalue weighted by Gasteiger charge is -2.26. The molecule has 4 heterocycles. The molecule has 0 bridgehead atoms. The number of carbonyl (C=O) groups excluding carboxylic acids is 1. The van der Waals surface area contributed by atoms with Gasteiger partial charge in [-0.1, -0.05) is 12.5 Å². The number of anilines is 2. The molecule has 8 nitrogen and oxygen atoms in total. The maximum absolute atomic E-state index is 12.4. The lowest BCUT2D eigenvalue weighted by atomic mass is 10.1. The topological polar surface area (TPSA) is 98.8 Å². The predicted molar refractivity (Wildman–Crippen MR) is 123 cm³/mol. The largest absolute Gasteiger partial charge is 0.326 e. The Balaban J connectivity index is 1.21. The highest BCUT2D eigenvalue weighted by atomic mass is 32.1. The summed E-state index contributed by atoms with van der Waals surface area (Å²) in [5.41, 5.74) is 2.93. The maximum atomic E-state index is 12.4. The van der Waals surface area contributed by atoms with Crippen LogP contribution in [-0.4, -0.2) is 44.2 Å². The quantitative estimate of drug-likeness (QED) is 0.423. The lowest BCUT2D eigenvalue weighted by molar-refractivity contribution is 0.218. The van der Waals surface area contributed by atoms with E-state index in [2.05, 4.69) is 35.7 Å². The summed E-state index contributed by atoms with van der Waals surface area (Å²) in [7, 11) is 0. The third kappa shape index (κ3) is 4.73. The summed E-state index contributed by atoms with van der Waals surface area (Å²) in [4.78, 5) is 24.0. The Morgan fingerprint density at radius 2 is 1.94 bits per heavy atom. The maximum Gasteiger partial charge on any atom is 0.326 e. The number of nitrogens with one attached hydrogen (secondary N) is 3. The molecule has 158 valence electrons. The number of carbonyl (C=O) groups is 1. The molecule has 1 saturated heterocycles. The molecular weight excluding hydrogens is 410 g/mol. The molecule has 9 heteroatoms. The van der Waals surface area contributed by atoms with E-state index in [4.69, 9.17) is 0 Å². The van der Waals surface area contributed by atoms with E-state index < -0.39 is 0 Å². The smallest absolute Gasteiger partial charge is 0.298 e. The fraction of sp³-hybridized carbons (Fsp3) is 0.273. The second kappa shape index (κ2) is 8.83. The van der Waals surface area contributed by atoms with Gasteiger partial charge in [-0.15, -0.1) is 11.3 Å². The first-order valence-electron chi connectivity index (χ1n) is 10.4. The van der Waals surface area contributed by atoms with Gasteiger partial charge in [0.05, 0.1) is 17.4 Å².